The third-order valence-electron chi connectivity index (χ3n) is 0.615. The van der Waals surface area contributed by atoms with E-state index < -0.39 is 5.82 Å². The predicted octanol–water partition coefficient (Wildman–Crippen LogP) is 0.359. The number of hydrogen-bond acceptors (Lipinski definition) is 1. The Labute approximate surface area is 40.6 Å². The van der Waals surface area contributed by atoms with Crippen molar-refractivity contribution in [2.75, 3.05) is 0 Å². The van der Waals surface area contributed by atoms with E-state index in [1.54, 1.807) is 7.05 Å². The molecule has 0 fully saturated rings. The van der Waals surface area contributed by atoms with E-state index >= 15 is 0 Å². The third kappa shape index (κ3) is 0.765. The van der Waals surface area contributed by atoms with Crippen LogP contribution < -0.4 is 0 Å². The molecule has 1 aromatic rings. The van der Waals surface area contributed by atoms with Crippen LogP contribution in [0.4, 0.5) is 4.39 Å². The molecule has 0 amide bonds. The summed E-state index contributed by atoms with van der Waals surface area (Å²) in [5, 5.41) is 3.43. The lowest BCUT2D eigenvalue weighted by atomic mass is 10.7. The molecule has 3 heteroatoms. The monoisotopic (exact) mass is 99.0 g/mol. The zero-order valence-corrected chi connectivity index (χ0v) is 3.85. The fourth-order valence-electron chi connectivity index (χ4n) is 0.348. The van der Waals surface area contributed by atoms with Gasteiger partial charge in [0.25, 0.3) is 0 Å². The maximum Gasteiger partial charge on any atom is 0.170 e. The van der Waals surface area contributed by atoms with E-state index in [0.717, 1.165) is 0 Å². The van der Waals surface area contributed by atoms with Gasteiger partial charge in [0, 0.05) is 7.05 Å². The minimum absolute atomic E-state index is 0.414. The smallest absolute Gasteiger partial charge is 0.170 e. The van der Waals surface area contributed by atoms with Crippen LogP contribution in [0.5, 0.6) is 0 Å². The highest BCUT2D eigenvalue weighted by molar-refractivity contribution is 4.79. The first kappa shape index (κ1) is 4.30. The van der Waals surface area contributed by atoms with Gasteiger partial charge in [-0.05, 0) is 0 Å². The molecule has 1 aromatic heterocycles. The maximum absolute atomic E-state index is 11.8. The van der Waals surface area contributed by atoms with Crippen molar-refractivity contribution in [3.8, 4) is 0 Å². The van der Waals surface area contributed by atoms with Crippen LogP contribution in [0, 0.1) is 12.0 Å². The molecule has 1 heterocycles. The standard InChI is InChI=1S/C4H4FN2/c1-7-3-4(5)2-6-7/h3H,1H3. The summed E-state index contributed by atoms with van der Waals surface area (Å²) in [6.45, 7) is 0. The van der Waals surface area contributed by atoms with E-state index in [4.69, 9.17) is 0 Å². The highest BCUT2D eigenvalue weighted by Crippen LogP contribution is 1.87. The van der Waals surface area contributed by atoms with Gasteiger partial charge >= 0.3 is 0 Å². The van der Waals surface area contributed by atoms with Crippen molar-refractivity contribution in [1.29, 1.82) is 0 Å². The SMILES string of the molecule is Cn1cc(F)[c]n1. The molecule has 7 heavy (non-hydrogen) atoms. The minimum Gasteiger partial charge on any atom is -0.272 e. The maximum atomic E-state index is 11.8. The predicted molar refractivity (Wildman–Crippen MR) is 22.0 cm³/mol. The molecule has 0 saturated heterocycles. The number of hydrogen-bond donors (Lipinski definition) is 0. The molecule has 0 bridgehead atoms. The van der Waals surface area contributed by atoms with Crippen LogP contribution in [-0.2, 0) is 7.05 Å². The fraction of sp³-hybridized carbons (Fsp3) is 0.250. The Morgan fingerprint density at radius 1 is 2.00 bits per heavy atom. The average molecular weight is 99.1 g/mol. The van der Waals surface area contributed by atoms with Crippen molar-refractivity contribution < 1.29 is 4.39 Å². The molecule has 0 aliphatic carbocycles. The molecule has 0 saturated carbocycles. The summed E-state index contributed by atoms with van der Waals surface area (Å²) in [7, 11) is 1.64. The third-order valence-corrected chi connectivity index (χ3v) is 0.615. The van der Waals surface area contributed by atoms with Crippen LogP contribution in [0.3, 0.4) is 0 Å². The molecule has 0 aliphatic rings. The van der Waals surface area contributed by atoms with Crippen LogP contribution in [0.1, 0.15) is 0 Å². The lowest BCUT2D eigenvalue weighted by Gasteiger charge is -1.77. The second kappa shape index (κ2) is 1.33. The molecule has 2 nitrogen and oxygen atoms in total. The lowest BCUT2D eigenvalue weighted by molar-refractivity contribution is 0.623. The normalized spacial score (nSPS) is 9.43. The Bertz CT molecular complexity index is 142. The first-order valence-electron chi connectivity index (χ1n) is 1.86. The number of rotatable bonds is 0. The van der Waals surface area contributed by atoms with Gasteiger partial charge in [-0.3, -0.25) is 4.68 Å². The quantitative estimate of drug-likeness (QED) is 0.459. The summed E-state index contributed by atoms with van der Waals surface area (Å²) >= 11 is 0. The van der Waals surface area contributed by atoms with Gasteiger partial charge in [0.2, 0.25) is 0 Å². The Hall–Kier alpha value is -0.860. The Balaban J connectivity index is 3.04. The highest BCUT2D eigenvalue weighted by Gasteiger charge is 1.88. The van der Waals surface area contributed by atoms with Gasteiger partial charge in [0.1, 0.15) is 0 Å². The number of aromatic nitrogens is 2. The number of nitrogens with zero attached hydrogens (tertiary/aromatic N) is 2. The van der Waals surface area contributed by atoms with Crippen LogP contribution in [-0.4, -0.2) is 9.78 Å². The molecule has 1 rings (SSSR count). The zero-order valence-electron chi connectivity index (χ0n) is 3.85. The van der Waals surface area contributed by atoms with Gasteiger partial charge < -0.3 is 0 Å². The fourth-order valence-corrected chi connectivity index (χ4v) is 0.348. The molecular formula is C4H4FN2. The molecule has 1 radical (unpaired) electrons. The van der Waals surface area contributed by atoms with Gasteiger partial charge in [-0.25, -0.2) is 4.39 Å². The topological polar surface area (TPSA) is 17.8 Å². The second-order valence-corrected chi connectivity index (χ2v) is 1.26. The van der Waals surface area contributed by atoms with Crippen molar-refractivity contribution in [3.63, 3.8) is 0 Å². The Kier molecular flexibility index (Phi) is 0.817. The van der Waals surface area contributed by atoms with E-state index in [9.17, 15) is 4.39 Å². The highest BCUT2D eigenvalue weighted by atomic mass is 19.1. The summed E-state index contributed by atoms with van der Waals surface area (Å²) < 4.78 is 13.1. The minimum atomic E-state index is -0.414. The molecule has 0 spiro atoms. The molecule has 0 aliphatic heterocycles. The molecule has 0 N–H and O–H groups in total. The van der Waals surface area contributed by atoms with Crippen LogP contribution in [0.25, 0.3) is 0 Å². The molecule has 0 aromatic carbocycles. The summed E-state index contributed by atoms with van der Waals surface area (Å²) in [6, 6.07) is 0. The van der Waals surface area contributed by atoms with E-state index in [1.165, 1.54) is 10.9 Å². The van der Waals surface area contributed by atoms with Gasteiger partial charge in [-0.2, -0.15) is 5.10 Å². The first-order valence-corrected chi connectivity index (χ1v) is 1.86. The van der Waals surface area contributed by atoms with Gasteiger partial charge in [-0.15, -0.1) is 0 Å². The summed E-state index contributed by atoms with van der Waals surface area (Å²) in [4.78, 5) is 0. The van der Waals surface area contributed by atoms with Crippen molar-refractivity contribution >= 4 is 0 Å². The van der Waals surface area contributed by atoms with Crippen molar-refractivity contribution in [3.05, 3.63) is 18.2 Å². The molecule has 37 valence electrons. The van der Waals surface area contributed by atoms with E-state index in [2.05, 4.69) is 11.3 Å². The van der Waals surface area contributed by atoms with Crippen LogP contribution in [0.15, 0.2) is 6.20 Å². The van der Waals surface area contributed by atoms with E-state index in [0.29, 0.717) is 0 Å². The van der Waals surface area contributed by atoms with Gasteiger partial charge in [0.05, 0.1) is 6.20 Å². The summed E-state index contributed by atoms with van der Waals surface area (Å²) in [6.07, 6.45) is 3.36. The Morgan fingerprint density at radius 2 is 2.71 bits per heavy atom. The Morgan fingerprint density at radius 3 is 2.86 bits per heavy atom. The zero-order chi connectivity index (χ0) is 5.28. The van der Waals surface area contributed by atoms with Gasteiger partial charge in [-0.1, -0.05) is 0 Å². The largest absolute Gasteiger partial charge is 0.272 e. The average Bonchev–Trinajstić information content (AvgIpc) is 1.87. The van der Waals surface area contributed by atoms with E-state index in [-0.39, 0.29) is 0 Å². The van der Waals surface area contributed by atoms with E-state index in [1.807, 2.05) is 0 Å². The van der Waals surface area contributed by atoms with Crippen LogP contribution >= 0.6 is 0 Å². The first-order chi connectivity index (χ1) is 3.29. The molecule has 0 atom stereocenters. The number of aryl methyl sites for hydroxylation is 1. The van der Waals surface area contributed by atoms with Crippen molar-refractivity contribution in [1.82, 2.24) is 9.78 Å². The summed E-state index contributed by atoms with van der Waals surface area (Å²) in [5.74, 6) is -0.414. The van der Waals surface area contributed by atoms with Crippen molar-refractivity contribution in [2.24, 2.45) is 7.05 Å². The second-order valence-electron chi connectivity index (χ2n) is 1.26. The molecule has 0 unspecified atom stereocenters. The lowest BCUT2D eigenvalue weighted by Crippen LogP contribution is -1.83. The van der Waals surface area contributed by atoms with Gasteiger partial charge in [0.15, 0.2) is 12.0 Å². The summed E-state index contributed by atoms with van der Waals surface area (Å²) in [5.41, 5.74) is 0. The van der Waals surface area contributed by atoms with Crippen molar-refractivity contribution in [2.45, 2.75) is 0 Å². The number of halogens is 1. The molecular weight excluding hydrogens is 95.1 g/mol. The van der Waals surface area contributed by atoms with Crippen LogP contribution in [0.2, 0.25) is 0 Å².